The third kappa shape index (κ3) is 1.80. The van der Waals surface area contributed by atoms with Crippen molar-refractivity contribution >= 4 is 0 Å². The summed E-state index contributed by atoms with van der Waals surface area (Å²) in [6.45, 7) is 4.67. The molecule has 1 aliphatic carbocycles. The molecule has 0 bridgehead atoms. The predicted octanol–water partition coefficient (Wildman–Crippen LogP) is 1.37. The van der Waals surface area contributed by atoms with E-state index in [0.29, 0.717) is 11.6 Å². The van der Waals surface area contributed by atoms with Crippen LogP contribution in [-0.4, -0.2) is 25.7 Å². The van der Waals surface area contributed by atoms with Crippen molar-refractivity contribution in [1.82, 2.24) is 10.6 Å². The molecule has 0 saturated heterocycles. The second-order valence-electron chi connectivity index (χ2n) is 4.40. The molecule has 12 heavy (non-hydrogen) atoms. The average Bonchev–Trinajstić information content (AvgIpc) is 2.05. The maximum absolute atomic E-state index is 3.45. The highest BCUT2D eigenvalue weighted by atomic mass is 15.0. The Bertz CT molecular complexity index is 147. The first-order valence-corrected chi connectivity index (χ1v) is 4.98. The second kappa shape index (κ2) is 3.75. The zero-order valence-corrected chi connectivity index (χ0v) is 8.78. The average molecular weight is 170 g/mol. The van der Waals surface area contributed by atoms with E-state index >= 15 is 0 Å². The highest BCUT2D eigenvalue weighted by molar-refractivity contribution is 4.98. The molecule has 2 N–H and O–H groups in total. The van der Waals surface area contributed by atoms with Crippen molar-refractivity contribution in [2.24, 2.45) is 5.92 Å². The van der Waals surface area contributed by atoms with Gasteiger partial charge >= 0.3 is 0 Å². The van der Waals surface area contributed by atoms with E-state index in [1.807, 2.05) is 0 Å². The summed E-state index contributed by atoms with van der Waals surface area (Å²) in [7, 11) is 4.14. The Morgan fingerprint density at radius 2 is 1.92 bits per heavy atom. The summed E-state index contributed by atoms with van der Waals surface area (Å²) in [5.41, 5.74) is 0.298. The Kier molecular flexibility index (Phi) is 3.13. The monoisotopic (exact) mass is 170 g/mol. The molecule has 0 amide bonds. The van der Waals surface area contributed by atoms with E-state index in [-0.39, 0.29) is 0 Å². The van der Waals surface area contributed by atoms with Gasteiger partial charge in [0.15, 0.2) is 0 Å². The molecule has 1 aliphatic rings. The van der Waals surface area contributed by atoms with Crippen molar-refractivity contribution in [3.8, 4) is 0 Å². The molecular formula is C10H22N2. The van der Waals surface area contributed by atoms with Gasteiger partial charge in [0.05, 0.1) is 0 Å². The van der Waals surface area contributed by atoms with Crippen molar-refractivity contribution in [2.75, 3.05) is 14.1 Å². The van der Waals surface area contributed by atoms with E-state index in [1.54, 1.807) is 0 Å². The molecule has 3 atom stereocenters. The summed E-state index contributed by atoms with van der Waals surface area (Å²) in [5.74, 6) is 0.868. The Hall–Kier alpha value is -0.0800. The Morgan fingerprint density at radius 3 is 2.42 bits per heavy atom. The van der Waals surface area contributed by atoms with Crippen LogP contribution in [0.2, 0.25) is 0 Å². The highest BCUT2D eigenvalue weighted by Gasteiger charge is 2.36. The molecule has 0 aromatic heterocycles. The smallest absolute Gasteiger partial charge is 0.0306 e. The van der Waals surface area contributed by atoms with Crippen LogP contribution in [0.3, 0.4) is 0 Å². The number of nitrogens with one attached hydrogen (secondary N) is 2. The number of hydrogen-bond acceptors (Lipinski definition) is 2. The van der Waals surface area contributed by atoms with Crippen molar-refractivity contribution in [3.63, 3.8) is 0 Å². The quantitative estimate of drug-likeness (QED) is 0.654. The first-order chi connectivity index (χ1) is 5.62. The molecule has 0 heterocycles. The predicted molar refractivity (Wildman–Crippen MR) is 53.3 cm³/mol. The molecule has 72 valence electrons. The fraction of sp³-hybridized carbons (Fsp3) is 1.00. The van der Waals surface area contributed by atoms with Gasteiger partial charge in [-0.2, -0.15) is 0 Å². The van der Waals surface area contributed by atoms with Crippen LogP contribution in [-0.2, 0) is 0 Å². The molecule has 0 aliphatic heterocycles. The fourth-order valence-electron chi connectivity index (χ4n) is 2.48. The Morgan fingerprint density at radius 1 is 1.25 bits per heavy atom. The SMILES string of the molecule is CN[C@@H]1CC[C@H](C)C[C@@]1(C)NC. The van der Waals surface area contributed by atoms with Gasteiger partial charge in [0.1, 0.15) is 0 Å². The van der Waals surface area contributed by atoms with E-state index in [0.717, 1.165) is 5.92 Å². The minimum atomic E-state index is 0.298. The van der Waals surface area contributed by atoms with Gasteiger partial charge < -0.3 is 10.6 Å². The standard InChI is InChI=1S/C10H22N2/c1-8-5-6-9(11-3)10(2,7-8)12-4/h8-9,11-12H,5-7H2,1-4H3/t8-,9+,10+/m0/s1. The molecule has 0 aromatic rings. The van der Waals surface area contributed by atoms with Crippen LogP contribution in [0.25, 0.3) is 0 Å². The maximum Gasteiger partial charge on any atom is 0.0306 e. The van der Waals surface area contributed by atoms with Gasteiger partial charge in [-0.25, -0.2) is 0 Å². The lowest BCUT2D eigenvalue weighted by Gasteiger charge is -2.44. The second-order valence-corrected chi connectivity index (χ2v) is 4.40. The number of likely N-dealkylation sites (N-methyl/N-ethyl adjacent to an activating group) is 2. The molecular weight excluding hydrogens is 148 g/mol. The fourth-order valence-corrected chi connectivity index (χ4v) is 2.48. The summed E-state index contributed by atoms with van der Waals surface area (Å²) in [6.07, 6.45) is 3.95. The van der Waals surface area contributed by atoms with Crippen LogP contribution in [0.1, 0.15) is 33.1 Å². The summed E-state index contributed by atoms with van der Waals surface area (Å²) in [4.78, 5) is 0. The van der Waals surface area contributed by atoms with Crippen molar-refractivity contribution in [3.05, 3.63) is 0 Å². The summed E-state index contributed by atoms with van der Waals surface area (Å²) < 4.78 is 0. The first-order valence-electron chi connectivity index (χ1n) is 4.98. The van der Waals surface area contributed by atoms with Gasteiger partial charge in [0.2, 0.25) is 0 Å². The van der Waals surface area contributed by atoms with Gasteiger partial charge in [0.25, 0.3) is 0 Å². The van der Waals surface area contributed by atoms with Gasteiger partial charge in [-0.1, -0.05) is 6.92 Å². The van der Waals surface area contributed by atoms with Crippen molar-refractivity contribution in [2.45, 2.75) is 44.7 Å². The topological polar surface area (TPSA) is 24.1 Å². The molecule has 1 fully saturated rings. The van der Waals surface area contributed by atoms with Crippen LogP contribution in [0.5, 0.6) is 0 Å². The molecule has 0 spiro atoms. The number of hydrogen-bond donors (Lipinski definition) is 2. The molecule has 1 rings (SSSR count). The Balaban J connectivity index is 2.63. The van der Waals surface area contributed by atoms with Crippen LogP contribution in [0.15, 0.2) is 0 Å². The van der Waals surface area contributed by atoms with E-state index in [9.17, 15) is 0 Å². The minimum absolute atomic E-state index is 0.298. The van der Waals surface area contributed by atoms with Crippen LogP contribution in [0.4, 0.5) is 0 Å². The third-order valence-electron chi connectivity index (χ3n) is 3.41. The largest absolute Gasteiger partial charge is 0.315 e. The molecule has 0 unspecified atom stereocenters. The summed E-state index contributed by atoms with van der Waals surface area (Å²) in [5, 5.41) is 6.85. The minimum Gasteiger partial charge on any atom is -0.315 e. The molecule has 0 radical (unpaired) electrons. The maximum atomic E-state index is 3.45. The van der Waals surface area contributed by atoms with Crippen LogP contribution >= 0.6 is 0 Å². The van der Waals surface area contributed by atoms with Crippen LogP contribution < -0.4 is 10.6 Å². The van der Waals surface area contributed by atoms with E-state index < -0.39 is 0 Å². The molecule has 2 nitrogen and oxygen atoms in total. The lowest BCUT2D eigenvalue weighted by Crippen LogP contribution is -2.58. The van der Waals surface area contributed by atoms with E-state index in [4.69, 9.17) is 0 Å². The number of rotatable bonds is 2. The van der Waals surface area contributed by atoms with Crippen LogP contribution in [0, 0.1) is 5.92 Å². The van der Waals surface area contributed by atoms with Gasteiger partial charge in [-0.3, -0.25) is 0 Å². The van der Waals surface area contributed by atoms with Gasteiger partial charge in [-0.15, -0.1) is 0 Å². The van der Waals surface area contributed by atoms with Gasteiger partial charge in [0, 0.05) is 11.6 Å². The first kappa shape index (κ1) is 10.0. The lowest BCUT2D eigenvalue weighted by molar-refractivity contribution is 0.165. The van der Waals surface area contributed by atoms with E-state index in [1.165, 1.54) is 19.3 Å². The van der Waals surface area contributed by atoms with E-state index in [2.05, 4.69) is 38.6 Å². The molecule has 2 heteroatoms. The normalized spacial score (nSPS) is 43.0. The van der Waals surface area contributed by atoms with Gasteiger partial charge in [-0.05, 0) is 46.2 Å². The van der Waals surface area contributed by atoms with Crippen molar-refractivity contribution in [1.29, 1.82) is 0 Å². The Labute approximate surface area is 76.1 Å². The zero-order valence-electron chi connectivity index (χ0n) is 8.78. The summed E-state index contributed by atoms with van der Waals surface area (Å²) >= 11 is 0. The lowest BCUT2D eigenvalue weighted by atomic mass is 9.74. The third-order valence-corrected chi connectivity index (χ3v) is 3.41. The summed E-state index contributed by atoms with van der Waals surface area (Å²) in [6, 6.07) is 0.638. The molecule has 0 aromatic carbocycles. The molecule has 1 saturated carbocycles. The van der Waals surface area contributed by atoms with Crippen molar-refractivity contribution < 1.29 is 0 Å². The highest BCUT2D eigenvalue weighted by Crippen LogP contribution is 2.31. The zero-order chi connectivity index (χ0) is 9.19.